The number of hydrogen-bond acceptors (Lipinski definition) is 3. The first-order chi connectivity index (χ1) is 8.38. The number of rotatable bonds is 4. The van der Waals surface area contributed by atoms with Crippen molar-refractivity contribution in [2.24, 2.45) is 5.92 Å². The highest BCUT2D eigenvalue weighted by molar-refractivity contribution is 5.67. The molecule has 1 N–H and O–H groups in total. The van der Waals surface area contributed by atoms with Crippen molar-refractivity contribution in [2.45, 2.75) is 52.1 Å². The largest absolute Gasteiger partial charge is 0.444 e. The maximum Gasteiger partial charge on any atom is 0.410 e. The second-order valence-electron chi connectivity index (χ2n) is 6.26. The quantitative estimate of drug-likeness (QED) is 0.840. The molecular weight excluding hydrogens is 228 g/mol. The van der Waals surface area contributed by atoms with Crippen LogP contribution in [0, 0.1) is 5.92 Å². The third kappa shape index (κ3) is 6.24. The van der Waals surface area contributed by atoms with Gasteiger partial charge in [-0.25, -0.2) is 4.79 Å². The van der Waals surface area contributed by atoms with Crippen LogP contribution in [0.2, 0.25) is 0 Å². The van der Waals surface area contributed by atoms with Gasteiger partial charge in [0.1, 0.15) is 5.60 Å². The Morgan fingerprint density at radius 1 is 1.44 bits per heavy atom. The van der Waals surface area contributed by atoms with Gasteiger partial charge in [-0.2, -0.15) is 0 Å². The number of hydrogen-bond donors (Lipinski definition) is 1. The summed E-state index contributed by atoms with van der Waals surface area (Å²) in [5.74, 6) is 0.783. The van der Waals surface area contributed by atoms with Gasteiger partial charge >= 0.3 is 6.09 Å². The zero-order valence-electron chi connectivity index (χ0n) is 12.3. The Morgan fingerprint density at radius 3 is 2.72 bits per heavy atom. The van der Waals surface area contributed by atoms with Gasteiger partial charge in [0.05, 0.1) is 0 Å². The summed E-state index contributed by atoms with van der Waals surface area (Å²) in [4.78, 5) is 13.4. The molecule has 0 aliphatic carbocycles. The van der Waals surface area contributed by atoms with Crippen LogP contribution < -0.4 is 5.32 Å². The van der Waals surface area contributed by atoms with Gasteiger partial charge in [0, 0.05) is 13.6 Å². The smallest absolute Gasteiger partial charge is 0.410 e. The summed E-state index contributed by atoms with van der Waals surface area (Å²) in [5.41, 5.74) is -0.404. The van der Waals surface area contributed by atoms with E-state index in [2.05, 4.69) is 5.32 Å². The van der Waals surface area contributed by atoms with Crippen LogP contribution in [0.1, 0.15) is 46.5 Å². The Labute approximate surface area is 111 Å². The fourth-order valence-electron chi connectivity index (χ4n) is 2.22. The lowest BCUT2D eigenvalue weighted by Gasteiger charge is -2.26. The second-order valence-corrected chi connectivity index (χ2v) is 6.26. The summed E-state index contributed by atoms with van der Waals surface area (Å²) < 4.78 is 5.32. The zero-order chi connectivity index (χ0) is 13.6. The van der Waals surface area contributed by atoms with Crippen LogP contribution in [-0.2, 0) is 4.74 Å². The first-order valence-electron chi connectivity index (χ1n) is 7.03. The van der Waals surface area contributed by atoms with Crippen LogP contribution in [0.15, 0.2) is 0 Å². The van der Waals surface area contributed by atoms with Crippen molar-refractivity contribution in [3.05, 3.63) is 0 Å². The van der Waals surface area contributed by atoms with Crippen LogP contribution in [0.5, 0.6) is 0 Å². The standard InChI is InChI=1S/C14H28N2O2/c1-14(2,3)18-13(17)16(4)10-6-8-12-7-5-9-15-11-12/h12,15H,5-11H2,1-4H3. The molecule has 0 radical (unpaired) electrons. The first kappa shape index (κ1) is 15.3. The van der Waals surface area contributed by atoms with Crippen molar-refractivity contribution < 1.29 is 9.53 Å². The fraction of sp³-hybridized carbons (Fsp3) is 0.929. The van der Waals surface area contributed by atoms with Crippen molar-refractivity contribution in [3.63, 3.8) is 0 Å². The number of amides is 1. The molecule has 1 rings (SSSR count). The van der Waals surface area contributed by atoms with Crippen LogP contribution in [0.4, 0.5) is 4.79 Å². The van der Waals surface area contributed by atoms with Gasteiger partial charge in [-0.1, -0.05) is 0 Å². The SMILES string of the molecule is CN(CCCC1CCCNC1)C(=O)OC(C)(C)C. The first-order valence-corrected chi connectivity index (χ1v) is 7.03. The molecule has 0 spiro atoms. The molecule has 4 nitrogen and oxygen atoms in total. The number of carbonyl (C=O) groups is 1. The van der Waals surface area contributed by atoms with Crippen LogP contribution in [0.25, 0.3) is 0 Å². The summed E-state index contributed by atoms with van der Waals surface area (Å²) in [5, 5.41) is 3.42. The highest BCUT2D eigenvalue weighted by Gasteiger charge is 2.19. The van der Waals surface area contributed by atoms with E-state index in [1.807, 2.05) is 27.8 Å². The van der Waals surface area contributed by atoms with E-state index < -0.39 is 5.60 Å². The molecule has 0 bridgehead atoms. The molecule has 1 aliphatic rings. The topological polar surface area (TPSA) is 41.6 Å². The molecule has 1 amide bonds. The lowest BCUT2D eigenvalue weighted by Crippen LogP contribution is -2.35. The van der Waals surface area contributed by atoms with E-state index >= 15 is 0 Å². The van der Waals surface area contributed by atoms with E-state index in [1.54, 1.807) is 4.90 Å². The average Bonchev–Trinajstić information content (AvgIpc) is 2.28. The lowest BCUT2D eigenvalue weighted by molar-refractivity contribution is 0.0294. The van der Waals surface area contributed by atoms with Crippen molar-refractivity contribution in [3.8, 4) is 0 Å². The van der Waals surface area contributed by atoms with Gasteiger partial charge < -0.3 is 15.0 Å². The van der Waals surface area contributed by atoms with Crippen molar-refractivity contribution in [1.82, 2.24) is 10.2 Å². The predicted molar refractivity (Wildman–Crippen MR) is 73.7 cm³/mol. The van der Waals surface area contributed by atoms with Crippen LogP contribution in [0.3, 0.4) is 0 Å². The Bertz CT molecular complexity index is 255. The summed E-state index contributed by atoms with van der Waals surface area (Å²) in [6.07, 6.45) is 4.64. The normalized spacial score (nSPS) is 20.6. The van der Waals surface area contributed by atoms with E-state index in [0.29, 0.717) is 0 Å². The highest BCUT2D eigenvalue weighted by Crippen LogP contribution is 2.16. The zero-order valence-corrected chi connectivity index (χ0v) is 12.3. The molecule has 106 valence electrons. The van der Waals surface area contributed by atoms with Gasteiger partial charge in [0.2, 0.25) is 0 Å². The molecule has 1 fully saturated rings. The predicted octanol–water partition coefficient (Wildman–Crippen LogP) is 2.63. The Balaban J connectivity index is 2.15. The summed E-state index contributed by atoms with van der Waals surface area (Å²) in [7, 11) is 1.81. The number of carbonyl (C=O) groups excluding carboxylic acids is 1. The minimum atomic E-state index is -0.404. The fourth-order valence-corrected chi connectivity index (χ4v) is 2.22. The molecule has 18 heavy (non-hydrogen) atoms. The summed E-state index contributed by atoms with van der Waals surface area (Å²) in [6.45, 7) is 8.77. The van der Waals surface area contributed by atoms with E-state index in [-0.39, 0.29) is 6.09 Å². The molecule has 0 aromatic rings. The molecule has 4 heteroatoms. The van der Waals surface area contributed by atoms with Gasteiger partial charge in [0.25, 0.3) is 0 Å². The van der Waals surface area contributed by atoms with Crippen molar-refractivity contribution >= 4 is 6.09 Å². The minimum absolute atomic E-state index is 0.218. The van der Waals surface area contributed by atoms with Gasteiger partial charge in [-0.05, 0) is 65.5 Å². The van der Waals surface area contributed by atoms with Crippen LogP contribution >= 0.6 is 0 Å². The van der Waals surface area contributed by atoms with E-state index in [1.165, 1.54) is 19.3 Å². The van der Waals surface area contributed by atoms with Gasteiger partial charge in [0.15, 0.2) is 0 Å². The minimum Gasteiger partial charge on any atom is -0.444 e. The third-order valence-corrected chi connectivity index (χ3v) is 3.21. The molecule has 1 aliphatic heterocycles. The highest BCUT2D eigenvalue weighted by atomic mass is 16.6. The number of nitrogens with one attached hydrogen (secondary N) is 1. The third-order valence-electron chi connectivity index (χ3n) is 3.21. The maximum atomic E-state index is 11.7. The molecule has 0 aromatic heterocycles. The molecule has 0 saturated carbocycles. The Morgan fingerprint density at radius 2 is 2.17 bits per heavy atom. The van der Waals surface area contributed by atoms with Gasteiger partial charge in [-0.3, -0.25) is 0 Å². The van der Waals surface area contributed by atoms with E-state index in [0.717, 1.165) is 32.0 Å². The summed E-state index contributed by atoms with van der Waals surface area (Å²) in [6, 6.07) is 0. The Hall–Kier alpha value is -0.770. The average molecular weight is 256 g/mol. The monoisotopic (exact) mass is 256 g/mol. The van der Waals surface area contributed by atoms with E-state index in [9.17, 15) is 4.79 Å². The van der Waals surface area contributed by atoms with Crippen molar-refractivity contribution in [2.75, 3.05) is 26.7 Å². The second kappa shape index (κ2) is 6.98. The lowest BCUT2D eigenvalue weighted by atomic mass is 9.95. The molecule has 1 unspecified atom stereocenters. The Kier molecular flexibility index (Phi) is 5.93. The number of nitrogens with zero attached hydrogens (tertiary/aromatic N) is 1. The van der Waals surface area contributed by atoms with E-state index in [4.69, 9.17) is 4.74 Å². The molecule has 1 saturated heterocycles. The maximum absolute atomic E-state index is 11.7. The van der Waals surface area contributed by atoms with Gasteiger partial charge in [-0.15, -0.1) is 0 Å². The van der Waals surface area contributed by atoms with Crippen LogP contribution in [-0.4, -0.2) is 43.3 Å². The molecule has 1 heterocycles. The van der Waals surface area contributed by atoms with Crippen molar-refractivity contribution in [1.29, 1.82) is 0 Å². The molecular formula is C14H28N2O2. The number of ether oxygens (including phenoxy) is 1. The number of piperidine rings is 1. The molecule has 1 atom stereocenters. The molecule has 0 aromatic carbocycles. The summed E-state index contributed by atoms with van der Waals surface area (Å²) >= 11 is 0.